The lowest BCUT2D eigenvalue weighted by Gasteiger charge is -2.22. The molecule has 0 aliphatic heterocycles. The van der Waals surface area contributed by atoms with Crippen LogP contribution in [-0.4, -0.2) is 35.7 Å². The van der Waals surface area contributed by atoms with Crippen LogP contribution in [0.2, 0.25) is 0 Å². The smallest absolute Gasteiger partial charge is 0.308 e. The average Bonchev–Trinajstić information content (AvgIpc) is 2.27. The van der Waals surface area contributed by atoms with E-state index >= 15 is 0 Å². The standard InChI is InChI=1S/C12H14BrNO4/c1-14(10-4-2-3-9(13)6-10)7-8(12(17)18)5-11(15)16/h2-4,6,8H,5,7H2,1H3,(H,15,16)(H,17,18). The van der Waals surface area contributed by atoms with Gasteiger partial charge in [-0.3, -0.25) is 9.59 Å². The van der Waals surface area contributed by atoms with Crippen LogP contribution in [0.5, 0.6) is 0 Å². The lowest BCUT2D eigenvalue weighted by molar-refractivity contribution is -0.147. The minimum absolute atomic E-state index is 0.151. The van der Waals surface area contributed by atoms with Crippen molar-refractivity contribution < 1.29 is 19.8 Å². The second-order valence-electron chi connectivity index (χ2n) is 3.99. The van der Waals surface area contributed by atoms with Gasteiger partial charge in [-0.05, 0) is 18.2 Å². The molecule has 5 nitrogen and oxygen atoms in total. The van der Waals surface area contributed by atoms with Gasteiger partial charge in [0.25, 0.3) is 0 Å². The molecule has 0 aliphatic rings. The third-order valence-electron chi connectivity index (χ3n) is 2.51. The largest absolute Gasteiger partial charge is 0.481 e. The van der Waals surface area contributed by atoms with Gasteiger partial charge in [0, 0.05) is 23.8 Å². The SMILES string of the molecule is CN(CC(CC(=O)O)C(=O)O)c1cccc(Br)c1. The van der Waals surface area contributed by atoms with Gasteiger partial charge in [-0.1, -0.05) is 22.0 Å². The van der Waals surface area contributed by atoms with E-state index in [2.05, 4.69) is 15.9 Å². The van der Waals surface area contributed by atoms with Crippen molar-refractivity contribution in [1.29, 1.82) is 0 Å². The predicted molar refractivity (Wildman–Crippen MR) is 70.8 cm³/mol. The van der Waals surface area contributed by atoms with Gasteiger partial charge in [-0.25, -0.2) is 0 Å². The van der Waals surface area contributed by atoms with Crippen LogP contribution in [-0.2, 0) is 9.59 Å². The summed E-state index contributed by atoms with van der Waals surface area (Å²) in [4.78, 5) is 23.3. The minimum Gasteiger partial charge on any atom is -0.481 e. The quantitative estimate of drug-likeness (QED) is 0.840. The summed E-state index contributed by atoms with van der Waals surface area (Å²) in [6, 6.07) is 7.39. The molecule has 1 rings (SSSR count). The highest BCUT2D eigenvalue weighted by molar-refractivity contribution is 9.10. The molecule has 18 heavy (non-hydrogen) atoms. The molecule has 2 N–H and O–H groups in total. The summed E-state index contributed by atoms with van der Waals surface area (Å²) < 4.78 is 0.886. The molecule has 0 amide bonds. The highest BCUT2D eigenvalue weighted by Gasteiger charge is 2.22. The molecule has 1 unspecified atom stereocenters. The molecule has 0 aromatic heterocycles. The average molecular weight is 316 g/mol. The van der Waals surface area contributed by atoms with Crippen LogP contribution in [0.4, 0.5) is 5.69 Å². The Balaban J connectivity index is 2.75. The monoisotopic (exact) mass is 315 g/mol. The van der Waals surface area contributed by atoms with Crippen molar-refractivity contribution in [3.63, 3.8) is 0 Å². The molecule has 1 atom stereocenters. The second-order valence-corrected chi connectivity index (χ2v) is 4.91. The van der Waals surface area contributed by atoms with Crippen molar-refractivity contribution in [2.45, 2.75) is 6.42 Å². The molecule has 0 bridgehead atoms. The summed E-state index contributed by atoms with van der Waals surface area (Å²) >= 11 is 3.33. The third kappa shape index (κ3) is 4.37. The van der Waals surface area contributed by atoms with Gasteiger partial charge in [-0.2, -0.15) is 0 Å². The van der Waals surface area contributed by atoms with Crippen molar-refractivity contribution >= 4 is 33.6 Å². The molecule has 1 aromatic carbocycles. The Morgan fingerprint density at radius 2 is 2.06 bits per heavy atom. The Hall–Kier alpha value is -1.56. The number of carboxylic acids is 2. The minimum atomic E-state index is -1.11. The molecule has 0 saturated heterocycles. The molecule has 0 heterocycles. The molecular weight excluding hydrogens is 302 g/mol. The zero-order chi connectivity index (χ0) is 13.7. The van der Waals surface area contributed by atoms with Crippen LogP contribution < -0.4 is 4.90 Å². The Bertz CT molecular complexity index is 449. The summed E-state index contributed by atoms with van der Waals surface area (Å²) in [7, 11) is 1.74. The van der Waals surface area contributed by atoms with Gasteiger partial charge in [0.05, 0.1) is 12.3 Å². The van der Waals surface area contributed by atoms with Gasteiger partial charge in [0.1, 0.15) is 0 Å². The second kappa shape index (κ2) is 6.39. The van der Waals surface area contributed by atoms with E-state index in [1.807, 2.05) is 24.3 Å². The zero-order valence-electron chi connectivity index (χ0n) is 9.84. The van der Waals surface area contributed by atoms with Crippen LogP contribution in [0, 0.1) is 5.92 Å². The maximum absolute atomic E-state index is 11.0. The van der Waals surface area contributed by atoms with Gasteiger partial charge in [0.2, 0.25) is 0 Å². The number of aliphatic carboxylic acids is 2. The first-order valence-corrected chi connectivity index (χ1v) is 6.10. The first-order valence-electron chi connectivity index (χ1n) is 5.31. The van der Waals surface area contributed by atoms with Crippen molar-refractivity contribution in [2.75, 3.05) is 18.5 Å². The van der Waals surface area contributed by atoms with Crippen molar-refractivity contribution in [3.05, 3.63) is 28.7 Å². The van der Waals surface area contributed by atoms with Gasteiger partial charge in [0.15, 0.2) is 0 Å². The first-order chi connectivity index (χ1) is 8.40. The van der Waals surface area contributed by atoms with E-state index in [-0.39, 0.29) is 13.0 Å². The van der Waals surface area contributed by atoms with E-state index in [0.717, 1.165) is 10.2 Å². The van der Waals surface area contributed by atoms with E-state index in [1.54, 1.807) is 11.9 Å². The van der Waals surface area contributed by atoms with Gasteiger partial charge < -0.3 is 15.1 Å². The van der Waals surface area contributed by atoms with Crippen LogP contribution >= 0.6 is 15.9 Å². The van der Waals surface area contributed by atoms with Crippen LogP contribution in [0.15, 0.2) is 28.7 Å². The number of carbonyl (C=O) groups is 2. The number of hydrogen-bond donors (Lipinski definition) is 2. The summed E-state index contributed by atoms with van der Waals surface area (Å²) in [6.07, 6.45) is -0.381. The molecule has 98 valence electrons. The number of halogens is 1. The molecule has 0 spiro atoms. The molecule has 6 heteroatoms. The number of rotatable bonds is 6. The van der Waals surface area contributed by atoms with E-state index in [9.17, 15) is 9.59 Å². The zero-order valence-corrected chi connectivity index (χ0v) is 11.4. The third-order valence-corrected chi connectivity index (χ3v) is 3.01. The number of carboxylic acid groups (broad SMARTS) is 2. The number of benzene rings is 1. The topological polar surface area (TPSA) is 77.8 Å². The lowest BCUT2D eigenvalue weighted by atomic mass is 10.1. The van der Waals surface area contributed by atoms with Crippen molar-refractivity contribution in [2.24, 2.45) is 5.92 Å². The fourth-order valence-electron chi connectivity index (χ4n) is 1.59. The summed E-state index contributed by atoms with van der Waals surface area (Å²) in [5.41, 5.74) is 0.834. The Morgan fingerprint density at radius 1 is 1.39 bits per heavy atom. The fraction of sp³-hybridized carbons (Fsp3) is 0.333. The lowest BCUT2D eigenvalue weighted by Crippen LogP contribution is -2.31. The van der Waals surface area contributed by atoms with E-state index in [4.69, 9.17) is 10.2 Å². The Kier molecular flexibility index (Phi) is 5.15. The Labute approximate surface area is 113 Å². The maximum atomic E-state index is 11.0. The number of anilines is 1. The molecular formula is C12H14BrNO4. The molecule has 1 aromatic rings. The predicted octanol–water partition coefficient (Wildman–Crippen LogP) is 2.06. The molecule has 0 saturated carbocycles. The van der Waals surface area contributed by atoms with Crippen molar-refractivity contribution in [1.82, 2.24) is 0 Å². The molecule has 0 aliphatic carbocycles. The number of hydrogen-bond acceptors (Lipinski definition) is 3. The summed E-state index contributed by atoms with van der Waals surface area (Å²) in [6.45, 7) is 0.151. The maximum Gasteiger partial charge on any atom is 0.308 e. The normalized spacial score (nSPS) is 11.9. The van der Waals surface area contributed by atoms with Crippen molar-refractivity contribution in [3.8, 4) is 0 Å². The fourth-order valence-corrected chi connectivity index (χ4v) is 1.98. The van der Waals surface area contributed by atoms with E-state index < -0.39 is 17.9 Å². The van der Waals surface area contributed by atoms with E-state index in [0.29, 0.717) is 0 Å². The number of nitrogens with zero attached hydrogens (tertiary/aromatic N) is 1. The summed E-state index contributed by atoms with van der Waals surface area (Å²) in [5, 5.41) is 17.6. The van der Waals surface area contributed by atoms with Gasteiger partial charge in [-0.15, -0.1) is 0 Å². The van der Waals surface area contributed by atoms with Crippen LogP contribution in [0.3, 0.4) is 0 Å². The first kappa shape index (κ1) is 14.5. The Morgan fingerprint density at radius 3 is 2.56 bits per heavy atom. The highest BCUT2D eigenvalue weighted by atomic mass is 79.9. The molecule has 0 fully saturated rings. The van der Waals surface area contributed by atoms with Crippen LogP contribution in [0.25, 0.3) is 0 Å². The van der Waals surface area contributed by atoms with Gasteiger partial charge >= 0.3 is 11.9 Å². The molecule has 0 radical (unpaired) electrons. The van der Waals surface area contributed by atoms with Crippen LogP contribution in [0.1, 0.15) is 6.42 Å². The van der Waals surface area contributed by atoms with E-state index in [1.165, 1.54) is 0 Å². The highest BCUT2D eigenvalue weighted by Crippen LogP contribution is 2.20. The summed E-state index contributed by atoms with van der Waals surface area (Å²) in [5.74, 6) is -3.13.